The van der Waals surface area contributed by atoms with Gasteiger partial charge in [-0.05, 0) is 45.4 Å². The highest BCUT2D eigenvalue weighted by Crippen LogP contribution is 2.26. The van der Waals surface area contributed by atoms with Gasteiger partial charge in [0.1, 0.15) is 0 Å². The van der Waals surface area contributed by atoms with Crippen LogP contribution in [0.3, 0.4) is 0 Å². The van der Waals surface area contributed by atoms with E-state index in [9.17, 15) is 4.79 Å². The maximum absolute atomic E-state index is 12.5. The summed E-state index contributed by atoms with van der Waals surface area (Å²) >= 11 is 0. The van der Waals surface area contributed by atoms with Crippen LogP contribution in [0.4, 0.5) is 0 Å². The molecule has 0 bridgehead atoms. The number of rotatable bonds is 1. The van der Waals surface area contributed by atoms with E-state index in [1.54, 1.807) is 0 Å². The van der Waals surface area contributed by atoms with Crippen molar-refractivity contribution in [2.45, 2.75) is 58.5 Å². The standard InChI is InChI=1S/C14H26N2O/c1-10-5-4-8-16(12(10)3)14(17)13-7-6-11(2)15-9-13/h10-13,15H,4-9H2,1-3H3. The molecule has 0 saturated carbocycles. The Kier molecular flexibility index (Phi) is 4.08. The molecule has 0 aromatic rings. The van der Waals surface area contributed by atoms with Crippen LogP contribution in [0.5, 0.6) is 0 Å². The van der Waals surface area contributed by atoms with Crippen LogP contribution in [0, 0.1) is 11.8 Å². The van der Waals surface area contributed by atoms with Crippen LogP contribution in [0.25, 0.3) is 0 Å². The Hall–Kier alpha value is -0.570. The van der Waals surface area contributed by atoms with Crippen LogP contribution in [0.2, 0.25) is 0 Å². The zero-order valence-corrected chi connectivity index (χ0v) is 11.4. The lowest BCUT2D eigenvalue weighted by Crippen LogP contribution is -2.51. The number of likely N-dealkylation sites (tertiary alicyclic amines) is 1. The molecular formula is C14H26N2O. The lowest BCUT2D eigenvalue weighted by molar-refractivity contribution is -0.140. The Morgan fingerprint density at radius 1 is 1.18 bits per heavy atom. The van der Waals surface area contributed by atoms with E-state index in [0.717, 1.165) is 25.9 Å². The lowest BCUT2D eigenvalue weighted by atomic mass is 9.88. The lowest BCUT2D eigenvalue weighted by Gasteiger charge is -2.41. The molecule has 2 aliphatic heterocycles. The van der Waals surface area contributed by atoms with E-state index in [2.05, 4.69) is 31.0 Å². The Labute approximate surface area is 105 Å². The minimum atomic E-state index is 0.221. The van der Waals surface area contributed by atoms with E-state index >= 15 is 0 Å². The van der Waals surface area contributed by atoms with Crippen molar-refractivity contribution >= 4 is 5.91 Å². The van der Waals surface area contributed by atoms with Gasteiger partial charge in [0, 0.05) is 25.2 Å². The smallest absolute Gasteiger partial charge is 0.227 e. The number of piperidine rings is 2. The summed E-state index contributed by atoms with van der Waals surface area (Å²) in [7, 11) is 0. The van der Waals surface area contributed by atoms with Gasteiger partial charge in [0.25, 0.3) is 0 Å². The molecule has 2 aliphatic rings. The van der Waals surface area contributed by atoms with Crippen molar-refractivity contribution in [3.63, 3.8) is 0 Å². The highest BCUT2D eigenvalue weighted by atomic mass is 16.2. The second-order valence-electron chi connectivity index (χ2n) is 5.98. The zero-order chi connectivity index (χ0) is 12.4. The van der Waals surface area contributed by atoms with E-state index in [0.29, 0.717) is 23.9 Å². The first kappa shape index (κ1) is 12.9. The van der Waals surface area contributed by atoms with E-state index < -0.39 is 0 Å². The maximum atomic E-state index is 12.5. The Morgan fingerprint density at radius 3 is 2.59 bits per heavy atom. The predicted octanol–water partition coefficient (Wildman–Crippen LogP) is 2.02. The van der Waals surface area contributed by atoms with Gasteiger partial charge in [0.15, 0.2) is 0 Å². The molecule has 98 valence electrons. The summed E-state index contributed by atoms with van der Waals surface area (Å²) in [6.07, 6.45) is 4.64. The monoisotopic (exact) mass is 238 g/mol. The van der Waals surface area contributed by atoms with Gasteiger partial charge in [-0.15, -0.1) is 0 Å². The van der Waals surface area contributed by atoms with Crippen molar-refractivity contribution in [1.82, 2.24) is 10.2 Å². The molecule has 0 aromatic heterocycles. The molecule has 2 heterocycles. The van der Waals surface area contributed by atoms with Crippen molar-refractivity contribution < 1.29 is 4.79 Å². The van der Waals surface area contributed by atoms with Crippen LogP contribution in [-0.4, -0.2) is 36.0 Å². The second-order valence-corrected chi connectivity index (χ2v) is 5.98. The average Bonchev–Trinajstić information content (AvgIpc) is 2.33. The van der Waals surface area contributed by atoms with Crippen molar-refractivity contribution in [2.24, 2.45) is 11.8 Å². The molecular weight excluding hydrogens is 212 g/mol. The van der Waals surface area contributed by atoms with Gasteiger partial charge in [0.05, 0.1) is 5.92 Å². The van der Waals surface area contributed by atoms with Crippen LogP contribution in [0.15, 0.2) is 0 Å². The third-order valence-electron chi connectivity index (χ3n) is 4.67. The minimum Gasteiger partial charge on any atom is -0.339 e. The molecule has 4 unspecified atom stereocenters. The first-order valence-corrected chi connectivity index (χ1v) is 7.13. The van der Waals surface area contributed by atoms with Gasteiger partial charge in [-0.3, -0.25) is 4.79 Å². The van der Waals surface area contributed by atoms with Crippen LogP contribution in [-0.2, 0) is 4.79 Å². The molecule has 2 saturated heterocycles. The van der Waals surface area contributed by atoms with Crippen LogP contribution in [0.1, 0.15) is 46.5 Å². The van der Waals surface area contributed by atoms with E-state index in [1.165, 1.54) is 12.8 Å². The molecule has 1 N–H and O–H groups in total. The number of hydrogen-bond donors (Lipinski definition) is 1. The fourth-order valence-electron chi connectivity index (χ4n) is 3.09. The molecule has 2 rings (SSSR count). The van der Waals surface area contributed by atoms with Crippen molar-refractivity contribution in [1.29, 1.82) is 0 Å². The molecule has 2 fully saturated rings. The number of carbonyl (C=O) groups excluding carboxylic acids is 1. The van der Waals surface area contributed by atoms with E-state index in [-0.39, 0.29) is 5.92 Å². The molecule has 0 radical (unpaired) electrons. The number of carbonyl (C=O) groups is 1. The summed E-state index contributed by atoms with van der Waals surface area (Å²) in [5.41, 5.74) is 0. The van der Waals surface area contributed by atoms with E-state index in [1.807, 2.05) is 0 Å². The first-order chi connectivity index (χ1) is 8.09. The molecule has 17 heavy (non-hydrogen) atoms. The molecule has 0 aromatic carbocycles. The highest BCUT2D eigenvalue weighted by molar-refractivity contribution is 5.79. The van der Waals surface area contributed by atoms with Gasteiger partial charge >= 0.3 is 0 Å². The topological polar surface area (TPSA) is 32.3 Å². The highest BCUT2D eigenvalue weighted by Gasteiger charge is 2.33. The first-order valence-electron chi connectivity index (χ1n) is 7.13. The average molecular weight is 238 g/mol. The molecule has 0 aliphatic carbocycles. The summed E-state index contributed by atoms with van der Waals surface area (Å²) < 4.78 is 0. The summed E-state index contributed by atoms with van der Waals surface area (Å²) in [5, 5.41) is 3.43. The molecule has 3 nitrogen and oxygen atoms in total. The van der Waals surface area contributed by atoms with Gasteiger partial charge in [0.2, 0.25) is 5.91 Å². The SMILES string of the molecule is CC1CCC(C(=O)N2CCCC(C)C2C)CN1. The Morgan fingerprint density at radius 2 is 1.94 bits per heavy atom. The number of nitrogens with one attached hydrogen (secondary N) is 1. The van der Waals surface area contributed by atoms with Gasteiger partial charge < -0.3 is 10.2 Å². The largest absolute Gasteiger partial charge is 0.339 e. The fraction of sp³-hybridized carbons (Fsp3) is 0.929. The second kappa shape index (κ2) is 5.38. The Bertz CT molecular complexity index is 271. The summed E-state index contributed by atoms with van der Waals surface area (Å²) in [6.45, 7) is 8.52. The third-order valence-corrected chi connectivity index (χ3v) is 4.67. The van der Waals surface area contributed by atoms with Crippen molar-refractivity contribution in [3.8, 4) is 0 Å². The number of nitrogens with zero attached hydrogens (tertiary/aromatic N) is 1. The van der Waals surface area contributed by atoms with Gasteiger partial charge in [-0.25, -0.2) is 0 Å². The zero-order valence-electron chi connectivity index (χ0n) is 11.4. The maximum Gasteiger partial charge on any atom is 0.227 e. The molecule has 3 heteroatoms. The predicted molar refractivity (Wildman–Crippen MR) is 69.8 cm³/mol. The van der Waals surface area contributed by atoms with Crippen LogP contribution >= 0.6 is 0 Å². The minimum absolute atomic E-state index is 0.221. The van der Waals surface area contributed by atoms with E-state index in [4.69, 9.17) is 0 Å². The summed E-state index contributed by atoms with van der Waals surface area (Å²) in [5.74, 6) is 1.27. The normalized spacial score (nSPS) is 39.1. The fourth-order valence-corrected chi connectivity index (χ4v) is 3.09. The molecule has 1 amide bonds. The number of hydrogen-bond acceptors (Lipinski definition) is 2. The Balaban J connectivity index is 1.94. The number of amides is 1. The van der Waals surface area contributed by atoms with Crippen molar-refractivity contribution in [3.05, 3.63) is 0 Å². The summed E-state index contributed by atoms with van der Waals surface area (Å²) in [6, 6.07) is 1.01. The molecule has 0 spiro atoms. The molecule has 4 atom stereocenters. The summed E-state index contributed by atoms with van der Waals surface area (Å²) in [4.78, 5) is 14.6. The quantitative estimate of drug-likeness (QED) is 0.758. The van der Waals surface area contributed by atoms with Gasteiger partial charge in [-0.1, -0.05) is 6.92 Å². The van der Waals surface area contributed by atoms with Crippen molar-refractivity contribution in [2.75, 3.05) is 13.1 Å². The van der Waals surface area contributed by atoms with Crippen LogP contribution < -0.4 is 5.32 Å². The van der Waals surface area contributed by atoms with Gasteiger partial charge in [-0.2, -0.15) is 0 Å². The third kappa shape index (κ3) is 2.82.